The molecule has 2 heterocycles. The van der Waals surface area contributed by atoms with E-state index in [0.717, 1.165) is 44.4 Å². The largest absolute Gasteiger partial charge is 0.416 e. The van der Waals surface area contributed by atoms with Crippen LogP contribution in [-0.2, 0) is 12.7 Å². The third-order valence-corrected chi connectivity index (χ3v) is 4.63. The number of imidazole rings is 1. The Morgan fingerprint density at radius 2 is 1.96 bits per heavy atom. The molecule has 2 aromatic rings. The fraction of sp³-hybridized carbons (Fsp3) is 0.444. The number of aryl methyl sites for hydroxylation is 1. The van der Waals surface area contributed by atoms with Crippen LogP contribution in [0.25, 0.3) is 0 Å². The first-order valence-corrected chi connectivity index (χ1v) is 8.39. The monoisotopic (exact) mass is 351 g/mol. The minimum atomic E-state index is -4.39. The highest BCUT2D eigenvalue weighted by Gasteiger charge is 2.31. The molecule has 1 atom stereocenters. The van der Waals surface area contributed by atoms with Crippen LogP contribution in [0.2, 0.25) is 0 Å². The van der Waals surface area contributed by atoms with Crippen LogP contribution in [0.3, 0.4) is 0 Å². The Kier molecular flexibility index (Phi) is 5.11. The van der Waals surface area contributed by atoms with E-state index in [1.807, 2.05) is 15.7 Å². The second kappa shape index (κ2) is 7.29. The molecule has 1 fully saturated rings. The standard InChI is InChI=1S/C18H20F3N3O/c19-18(20,21)15-6-4-14(5-7-15)17(25)24-10-2-1-3-16(24)8-11-23-12-9-22-13-23/h4-7,9,12-13,16H,1-3,8,10-11H2/t16-/m1/s1. The SMILES string of the molecule is O=C(c1ccc(C(F)(F)F)cc1)N1CCCC[C@@H]1CCn1ccnc1. The van der Waals surface area contributed by atoms with Gasteiger partial charge >= 0.3 is 6.18 Å². The van der Waals surface area contributed by atoms with Gasteiger partial charge in [0.25, 0.3) is 5.91 Å². The Bertz CT molecular complexity index is 695. The van der Waals surface area contributed by atoms with Crippen LogP contribution in [0.1, 0.15) is 41.6 Å². The first kappa shape index (κ1) is 17.5. The summed E-state index contributed by atoms with van der Waals surface area (Å²) in [6.07, 6.45) is 4.66. The lowest BCUT2D eigenvalue weighted by Gasteiger charge is -2.36. The number of hydrogen-bond acceptors (Lipinski definition) is 2. The molecule has 0 aliphatic carbocycles. The highest BCUT2D eigenvalue weighted by Crippen LogP contribution is 2.30. The summed E-state index contributed by atoms with van der Waals surface area (Å²) in [5.41, 5.74) is -0.429. The van der Waals surface area contributed by atoms with Gasteiger partial charge in [-0.15, -0.1) is 0 Å². The van der Waals surface area contributed by atoms with Gasteiger partial charge in [-0.2, -0.15) is 13.2 Å². The van der Waals surface area contributed by atoms with Crippen LogP contribution in [0.4, 0.5) is 13.2 Å². The third-order valence-electron chi connectivity index (χ3n) is 4.63. The summed E-state index contributed by atoms with van der Waals surface area (Å²) in [6, 6.07) is 4.58. The van der Waals surface area contributed by atoms with E-state index in [4.69, 9.17) is 0 Å². The van der Waals surface area contributed by atoms with Crippen molar-refractivity contribution >= 4 is 5.91 Å². The molecule has 0 unspecified atom stereocenters. The number of carbonyl (C=O) groups excluding carboxylic acids is 1. The summed E-state index contributed by atoms with van der Waals surface area (Å²) in [5.74, 6) is -0.191. The predicted octanol–water partition coefficient (Wildman–Crippen LogP) is 3.99. The fourth-order valence-electron chi connectivity index (χ4n) is 3.25. The van der Waals surface area contributed by atoms with E-state index in [9.17, 15) is 18.0 Å². The van der Waals surface area contributed by atoms with E-state index in [1.165, 1.54) is 12.1 Å². The van der Waals surface area contributed by atoms with Crippen LogP contribution < -0.4 is 0 Å². The molecule has 1 aromatic heterocycles. The van der Waals surface area contributed by atoms with Crippen LogP contribution in [-0.4, -0.2) is 32.9 Å². The first-order chi connectivity index (χ1) is 11.9. The summed E-state index contributed by atoms with van der Waals surface area (Å²) in [4.78, 5) is 18.6. The molecular formula is C18H20F3N3O. The van der Waals surface area contributed by atoms with Crippen LogP contribution in [0.15, 0.2) is 43.0 Å². The lowest BCUT2D eigenvalue weighted by Crippen LogP contribution is -2.44. The Balaban J connectivity index is 1.69. The van der Waals surface area contributed by atoms with Crippen molar-refractivity contribution in [2.24, 2.45) is 0 Å². The molecule has 1 aliphatic heterocycles. The highest BCUT2D eigenvalue weighted by molar-refractivity contribution is 5.94. The van der Waals surface area contributed by atoms with E-state index >= 15 is 0 Å². The van der Waals surface area contributed by atoms with Crippen molar-refractivity contribution in [3.05, 3.63) is 54.1 Å². The number of alkyl halides is 3. The maximum absolute atomic E-state index is 12.8. The van der Waals surface area contributed by atoms with Gasteiger partial charge in [0, 0.05) is 37.1 Å². The van der Waals surface area contributed by atoms with E-state index in [0.29, 0.717) is 12.1 Å². The molecule has 7 heteroatoms. The Hall–Kier alpha value is -2.31. The molecule has 1 aliphatic rings. The molecule has 0 N–H and O–H groups in total. The predicted molar refractivity (Wildman–Crippen MR) is 87.0 cm³/mol. The maximum Gasteiger partial charge on any atom is 0.416 e. The van der Waals surface area contributed by atoms with Crippen molar-refractivity contribution in [3.8, 4) is 0 Å². The second-order valence-corrected chi connectivity index (χ2v) is 6.31. The van der Waals surface area contributed by atoms with Gasteiger partial charge in [-0.1, -0.05) is 0 Å². The number of aromatic nitrogens is 2. The van der Waals surface area contributed by atoms with Gasteiger partial charge in [-0.3, -0.25) is 4.79 Å². The summed E-state index contributed by atoms with van der Waals surface area (Å²) >= 11 is 0. The number of carbonyl (C=O) groups is 1. The number of nitrogens with zero attached hydrogens (tertiary/aromatic N) is 3. The zero-order valence-electron chi connectivity index (χ0n) is 13.7. The van der Waals surface area contributed by atoms with Gasteiger partial charge < -0.3 is 9.47 Å². The minimum absolute atomic E-state index is 0.103. The van der Waals surface area contributed by atoms with Gasteiger partial charge in [0.05, 0.1) is 11.9 Å². The number of hydrogen-bond donors (Lipinski definition) is 0. The Morgan fingerprint density at radius 3 is 2.60 bits per heavy atom. The van der Waals surface area contributed by atoms with Gasteiger partial charge in [0.2, 0.25) is 0 Å². The lowest BCUT2D eigenvalue weighted by molar-refractivity contribution is -0.137. The Labute approximate surface area is 144 Å². The van der Waals surface area contributed by atoms with Crippen molar-refractivity contribution in [2.45, 2.75) is 44.4 Å². The molecule has 4 nitrogen and oxygen atoms in total. The van der Waals surface area contributed by atoms with E-state index in [-0.39, 0.29) is 11.9 Å². The van der Waals surface area contributed by atoms with Crippen LogP contribution in [0, 0.1) is 0 Å². The quantitative estimate of drug-likeness (QED) is 0.835. The van der Waals surface area contributed by atoms with Crippen molar-refractivity contribution in [1.29, 1.82) is 0 Å². The zero-order chi connectivity index (χ0) is 17.9. The van der Waals surface area contributed by atoms with Crippen LogP contribution >= 0.6 is 0 Å². The van der Waals surface area contributed by atoms with Crippen molar-refractivity contribution in [2.75, 3.05) is 6.54 Å². The molecular weight excluding hydrogens is 331 g/mol. The average Bonchev–Trinajstić information content (AvgIpc) is 3.12. The topological polar surface area (TPSA) is 38.1 Å². The molecule has 1 amide bonds. The Morgan fingerprint density at radius 1 is 1.20 bits per heavy atom. The second-order valence-electron chi connectivity index (χ2n) is 6.31. The summed E-state index contributed by atoms with van der Waals surface area (Å²) in [5, 5.41) is 0. The molecule has 0 spiro atoms. The molecule has 0 saturated carbocycles. The molecule has 1 saturated heterocycles. The number of amides is 1. The van der Waals surface area contributed by atoms with Crippen molar-refractivity contribution in [3.63, 3.8) is 0 Å². The smallest absolute Gasteiger partial charge is 0.337 e. The minimum Gasteiger partial charge on any atom is -0.337 e. The van der Waals surface area contributed by atoms with Crippen LogP contribution in [0.5, 0.6) is 0 Å². The molecule has 1 aromatic carbocycles. The molecule has 0 bridgehead atoms. The molecule has 0 radical (unpaired) electrons. The van der Waals surface area contributed by atoms with E-state index in [1.54, 1.807) is 12.5 Å². The van der Waals surface area contributed by atoms with Crippen molar-refractivity contribution in [1.82, 2.24) is 14.5 Å². The first-order valence-electron chi connectivity index (χ1n) is 8.39. The fourth-order valence-corrected chi connectivity index (χ4v) is 3.25. The average molecular weight is 351 g/mol. The molecule has 134 valence electrons. The number of halogens is 3. The van der Waals surface area contributed by atoms with Gasteiger partial charge in [0.1, 0.15) is 0 Å². The normalized spacial score (nSPS) is 18.4. The third kappa shape index (κ3) is 4.21. The lowest BCUT2D eigenvalue weighted by atomic mass is 9.98. The summed E-state index contributed by atoms with van der Waals surface area (Å²) < 4.78 is 40.0. The van der Waals surface area contributed by atoms with E-state index in [2.05, 4.69) is 4.98 Å². The van der Waals surface area contributed by atoms with E-state index < -0.39 is 11.7 Å². The number of piperidine rings is 1. The maximum atomic E-state index is 12.8. The summed E-state index contributed by atoms with van der Waals surface area (Å²) in [7, 11) is 0. The zero-order valence-corrected chi connectivity index (χ0v) is 13.7. The number of benzene rings is 1. The summed E-state index contributed by atoms with van der Waals surface area (Å²) in [6.45, 7) is 1.41. The van der Waals surface area contributed by atoms with Gasteiger partial charge in [-0.05, 0) is 49.9 Å². The molecule has 25 heavy (non-hydrogen) atoms. The van der Waals surface area contributed by atoms with Crippen molar-refractivity contribution < 1.29 is 18.0 Å². The number of likely N-dealkylation sites (tertiary alicyclic amines) is 1. The number of rotatable bonds is 4. The van der Waals surface area contributed by atoms with Gasteiger partial charge in [0.15, 0.2) is 0 Å². The highest BCUT2D eigenvalue weighted by atomic mass is 19.4. The van der Waals surface area contributed by atoms with Gasteiger partial charge in [-0.25, -0.2) is 4.98 Å². The molecule has 3 rings (SSSR count).